The van der Waals surface area contributed by atoms with Crippen molar-refractivity contribution in [2.24, 2.45) is 5.41 Å². The number of amides is 1. The lowest BCUT2D eigenvalue weighted by atomic mass is 9.67. The molecule has 0 aromatic heterocycles. The minimum atomic E-state index is -0.147. The number of hydrogen-bond donors (Lipinski definition) is 1. The monoisotopic (exact) mass is 260 g/mol. The Kier molecular flexibility index (Phi) is 4.25. The van der Waals surface area contributed by atoms with Crippen molar-refractivity contribution < 1.29 is 4.79 Å². The fourth-order valence-corrected chi connectivity index (χ4v) is 2.93. The van der Waals surface area contributed by atoms with Crippen LogP contribution in [0.5, 0.6) is 0 Å². The number of hydrogen-bond acceptors (Lipinski definition) is 2. The maximum Gasteiger partial charge on any atom is 0.230 e. The van der Waals surface area contributed by atoms with Gasteiger partial charge in [0.05, 0.1) is 5.41 Å². The smallest absolute Gasteiger partial charge is 0.230 e. The van der Waals surface area contributed by atoms with E-state index in [-0.39, 0.29) is 11.3 Å². The summed E-state index contributed by atoms with van der Waals surface area (Å²) in [6, 6.07) is 8.27. The van der Waals surface area contributed by atoms with Gasteiger partial charge in [-0.15, -0.1) is 0 Å². The van der Waals surface area contributed by atoms with E-state index in [0.717, 1.165) is 19.4 Å². The number of nitrogens with zero attached hydrogens (tertiary/aromatic N) is 1. The first-order valence-electron chi connectivity index (χ1n) is 7.04. The molecule has 104 valence electrons. The third kappa shape index (κ3) is 2.81. The van der Waals surface area contributed by atoms with Gasteiger partial charge in [-0.3, -0.25) is 4.79 Å². The molecular formula is C16H24N2O. The van der Waals surface area contributed by atoms with Gasteiger partial charge < -0.3 is 10.2 Å². The quantitative estimate of drug-likeness (QED) is 0.881. The molecule has 19 heavy (non-hydrogen) atoms. The molecule has 0 saturated heterocycles. The van der Waals surface area contributed by atoms with Gasteiger partial charge in [-0.1, -0.05) is 30.7 Å². The van der Waals surface area contributed by atoms with Crippen LogP contribution in [0.3, 0.4) is 0 Å². The van der Waals surface area contributed by atoms with Crippen molar-refractivity contribution in [1.82, 2.24) is 10.2 Å². The Balaban J connectivity index is 2.05. The highest BCUT2D eigenvalue weighted by Gasteiger charge is 2.44. The Hall–Kier alpha value is -1.35. The Morgan fingerprint density at radius 1 is 1.37 bits per heavy atom. The largest absolute Gasteiger partial charge is 0.341 e. The molecule has 1 fully saturated rings. The van der Waals surface area contributed by atoms with Gasteiger partial charge in [0.2, 0.25) is 5.91 Å². The zero-order chi connectivity index (χ0) is 13.9. The molecule has 2 rings (SSSR count). The van der Waals surface area contributed by atoms with Crippen molar-refractivity contribution in [3.05, 3.63) is 35.4 Å². The first kappa shape index (κ1) is 14.1. The van der Waals surface area contributed by atoms with Gasteiger partial charge in [0.1, 0.15) is 0 Å². The molecule has 0 atom stereocenters. The van der Waals surface area contributed by atoms with Gasteiger partial charge in [-0.25, -0.2) is 0 Å². The third-order valence-corrected chi connectivity index (χ3v) is 4.29. The van der Waals surface area contributed by atoms with E-state index in [4.69, 9.17) is 0 Å². The van der Waals surface area contributed by atoms with E-state index in [1.807, 2.05) is 31.1 Å². The second-order valence-corrected chi connectivity index (χ2v) is 5.75. The predicted octanol–water partition coefficient (Wildman–Crippen LogP) is 2.34. The molecule has 0 spiro atoms. The molecular weight excluding hydrogens is 236 g/mol. The second-order valence-electron chi connectivity index (χ2n) is 5.75. The molecule has 1 N–H and O–H groups in total. The highest BCUT2D eigenvalue weighted by Crippen LogP contribution is 2.42. The molecule has 0 heterocycles. The SMILES string of the molecule is CNCC1(C(=O)N(C)Cc2ccccc2C)CCC1. The van der Waals surface area contributed by atoms with Crippen LogP contribution in [0, 0.1) is 12.3 Å². The van der Waals surface area contributed by atoms with Crippen LogP contribution in [0.15, 0.2) is 24.3 Å². The number of aryl methyl sites for hydroxylation is 1. The van der Waals surface area contributed by atoms with Crippen LogP contribution >= 0.6 is 0 Å². The average Bonchev–Trinajstić information content (AvgIpc) is 2.35. The minimum absolute atomic E-state index is 0.147. The van der Waals surface area contributed by atoms with Crippen LogP contribution < -0.4 is 5.32 Å². The lowest BCUT2D eigenvalue weighted by molar-refractivity contribution is -0.146. The normalized spacial score (nSPS) is 16.8. The lowest BCUT2D eigenvalue weighted by Gasteiger charge is -2.42. The summed E-state index contributed by atoms with van der Waals surface area (Å²) in [7, 11) is 3.85. The van der Waals surface area contributed by atoms with E-state index in [0.29, 0.717) is 6.54 Å². The van der Waals surface area contributed by atoms with E-state index < -0.39 is 0 Å². The second kappa shape index (κ2) is 5.74. The van der Waals surface area contributed by atoms with E-state index in [9.17, 15) is 4.79 Å². The highest BCUT2D eigenvalue weighted by molar-refractivity contribution is 5.83. The van der Waals surface area contributed by atoms with Crippen molar-refractivity contribution in [2.75, 3.05) is 20.6 Å². The summed E-state index contributed by atoms with van der Waals surface area (Å²) < 4.78 is 0. The van der Waals surface area contributed by atoms with Crippen molar-refractivity contribution in [3.8, 4) is 0 Å². The van der Waals surface area contributed by atoms with Crippen molar-refractivity contribution >= 4 is 5.91 Å². The molecule has 1 amide bonds. The molecule has 3 heteroatoms. The minimum Gasteiger partial charge on any atom is -0.341 e. The Labute approximate surface area is 116 Å². The van der Waals surface area contributed by atoms with Gasteiger partial charge in [0.25, 0.3) is 0 Å². The topological polar surface area (TPSA) is 32.3 Å². The molecule has 0 radical (unpaired) electrons. The van der Waals surface area contributed by atoms with Crippen molar-refractivity contribution in [3.63, 3.8) is 0 Å². The van der Waals surface area contributed by atoms with Crippen molar-refractivity contribution in [1.29, 1.82) is 0 Å². The zero-order valence-electron chi connectivity index (χ0n) is 12.2. The van der Waals surface area contributed by atoms with Crippen LogP contribution in [-0.4, -0.2) is 31.4 Å². The van der Waals surface area contributed by atoms with E-state index in [1.165, 1.54) is 17.5 Å². The number of nitrogens with one attached hydrogen (secondary N) is 1. The standard InChI is InChI=1S/C16H24N2O/c1-13-7-4-5-8-14(13)11-18(3)15(19)16(12-17-2)9-6-10-16/h4-5,7-8,17H,6,9-12H2,1-3H3. The molecule has 0 aliphatic heterocycles. The number of benzene rings is 1. The number of carbonyl (C=O) groups is 1. The van der Waals surface area contributed by atoms with Gasteiger partial charge in [-0.05, 0) is 37.9 Å². The molecule has 1 aliphatic rings. The van der Waals surface area contributed by atoms with Crippen LogP contribution in [0.1, 0.15) is 30.4 Å². The van der Waals surface area contributed by atoms with Gasteiger partial charge in [0.15, 0.2) is 0 Å². The van der Waals surface area contributed by atoms with Crippen LogP contribution in [0.2, 0.25) is 0 Å². The molecule has 1 aromatic carbocycles. The molecule has 1 aromatic rings. The summed E-state index contributed by atoms with van der Waals surface area (Å²) in [6.07, 6.45) is 3.21. The van der Waals surface area contributed by atoms with Crippen LogP contribution in [0.25, 0.3) is 0 Å². The summed E-state index contributed by atoms with van der Waals surface area (Å²) >= 11 is 0. The van der Waals surface area contributed by atoms with Crippen molar-refractivity contribution in [2.45, 2.75) is 32.7 Å². The highest BCUT2D eigenvalue weighted by atomic mass is 16.2. The molecule has 1 saturated carbocycles. The third-order valence-electron chi connectivity index (χ3n) is 4.29. The number of rotatable bonds is 5. The van der Waals surface area contributed by atoms with Gasteiger partial charge in [-0.2, -0.15) is 0 Å². The number of carbonyl (C=O) groups excluding carboxylic acids is 1. The summed E-state index contributed by atoms with van der Waals surface area (Å²) in [5, 5.41) is 3.17. The van der Waals surface area contributed by atoms with E-state index in [2.05, 4.69) is 24.4 Å². The zero-order valence-corrected chi connectivity index (χ0v) is 12.2. The lowest BCUT2D eigenvalue weighted by Crippen LogP contribution is -2.51. The van der Waals surface area contributed by atoms with Crippen LogP contribution in [0.4, 0.5) is 0 Å². The fourth-order valence-electron chi connectivity index (χ4n) is 2.93. The summed E-state index contributed by atoms with van der Waals surface area (Å²) in [5.41, 5.74) is 2.34. The first-order valence-corrected chi connectivity index (χ1v) is 7.04. The Bertz CT molecular complexity index is 452. The molecule has 1 aliphatic carbocycles. The summed E-state index contributed by atoms with van der Waals surface area (Å²) in [5.74, 6) is 0.288. The van der Waals surface area contributed by atoms with E-state index in [1.54, 1.807) is 0 Å². The van der Waals surface area contributed by atoms with Gasteiger partial charge >= 0.3 is 0 Å². The molecule has 0 unspecified atom stereocenters. The Morgan fingerprint density at radius 3 is 2.58 bits per heavy atom. The summed E-state index contributed by atoms with van der Waals surface area (Å²) in [6.45, 7) is 3.60. The maximum atomic E-state index is 12.6. The van der Waals surface area contributed by atoms with Crippen LogP contribution in [-0.2, 0) is 11.3 Å². The van der Waals surface area contributed by atoms with E-state index >= 15 is 0 Å². The average molecular weight is 260 g/mol. The Morgan fingerprint density at radius 2 is 2.05 bits per heavy atom. The summed E-state index contributed by atoms with van der Waals surface area (Å²) in [4.78, 5) is 14.5. The predicted molar refractivity (Wildman–Crippen MR) is 77.9 cm³/mol. The molecule has 3 nitrogen and oxygen atoms in total. The fraction of sp³-hybridized carbons (Fsp3) is 0.562. The van der Waals surface area contributed by atoms with Gasteiger partial charge in [0, 0.05) is 20.1 Å². The maximum absolute atomic E-state index is 12.6. The first-order chi connectivity index (χ1) is 9.09. The molecule has 0 bridgehead atoms.